The summed E-state index contributed by atoms with van der Waals surface area (Å²) in [5, 5.41) is 11.2. The highest BCUT2D eigenvalue weighted by Crippen LogP contribution is 2.30. The van der Waals surface area contributed by atoms with Crippen LogP contribution < -0.4 is 10.7 Å². The van der Waals surface area contributed by atoms with Crippen LogP contribution in [0, 0.1) is 20.8 Å². The van der Waals surface area contributed by atoms with Crippen molar-refractivity contribution in [1.82, 2.24) is 15.2 Å². The number of hydrogen-bond acceptors (Lipinski definition) is 4. The van der Waals surface area contributed by atoms with E-state index in [1.165, 1.54) is 23.9 Å². The molecular formula is C23H24F3N5O. The lowest BCUT2D eigenvalue weighted by Crippen LogP contribution is -2.26. The monoisotopic (exact) mass is 443 g/mol. The van der Waals surface area contributed by atoms with Gasteiger partial charge >= 0.3 is 6.18 Å². The average Bonchev–Trinajstić information content (AvgIpc) is 3.01. The second-order valence-corrected chi connectivity index (χ2v) is 7.45. The minimum atomic E-state index is -4.44. The molecule has 0 radical (unpaired) electrons. The number of nitrogens with zero attached hydrogens (tertiary/aromatic N) is 3. The number of hydrazone groups is 1. The molecule has 6 nitrogen and oxygen atoms in total. The van der Waals surface area contributed by atoms with Crippen LogP contribution in [0.2, 0.25) is 0 Å². The Labute approximate surface area is 184 Å². The topological polar surface area (TPSA) is 71.3 Å². The molecule has 3 rings (SSSR count). The van der Waals surface area contributed by atoms with Crippen LogP contribution in [0.3, 0.4) is 0 Å². The van der Waals surface area contributed by atoms with Gasteiger partial charge < -0.3 is 5.32 Å². The first-order chi connectivity index (χ1) is 15.1. The third kappa shape index (κ3) is 5.96. The van der Waals surface area contributed by atoms with Crippen molar-refractivity contribution in [3.63, 3.8) is 0 Å². The number of carbonyl (C=O) groups excluding carboxylic acids is 1. The van der Waals surface area contributed by atoms with Crippen LogP contribution in [0.4, 0.5) is 18.9 Å². The van der Waals surface area contributed by atoms with Crippen LogP contribution in [-0.2, 0) is 17.5 Å². The van der Waals surface area contributed by atoms with Crippen LogP contribution in [-0.4, -0.2) is 28.4 Å². The zero-order valence-electron chi connectivity index (χ0n) is 18.0. The number of nitrogens with one attached hydrogen (secondary N) is 2. The quantitative estimate of drug-likeness (QED) is 0.419. The lowest BCUT2D eigenvalue weighted by Gasteiger charge is -2.10. The van der Waals surface area contributed by atoms with Crippen molar-refractivity contribution in [2.24, 2.45) is 5.10 Å². The van der Waals surface area contributed by atoms with Crippen molar-refractivity contribution in [1.29, 1.82) is 0 Å². The highest BCUT2D eigenvalue weighted by Gasteiger charge is 2.30. The Morgan fingerprint density at radius 1 is 1.12 bits per heavy atom. The van der Waals surface area contributed by atoms with E-state index in [0.717, 1.165) is 34.6 Å². The lowest BCUT2D eigenvalue weighted by molar-refractivity contribution is -0.137. The van der Waals surface area contributed by atoms with E-state index >= 15 is 0 Å². The largest absolute Gasteiger partial charge is 0.416 e. The maximum absolute atomic E-state index is 12.8. The first-order valence-electron chi connectivity index (χ1n) is 9.96. The van der Waals surface area contributed by atoms with Crippen LogP contribution in [0.15, 0.2) is 53.6 Å². The molecule has 0 fully saturated rings. The van der Waals surface area contributed by atoms with Crippen molar-refractivity contribution in [2.75, 3.05) is 11.9 Å². The molecule has 0 bridgehead atoms. The summed E-state index contributed by atoms with van der Waals surface area (Å²) in [5.74, 6) is -0.485. The fourth-order valence-electron chi connectivity index (χ4n) is 3.11. The van der Waals surface area contributed by atoms with Gasteiger partial charge in [-0.05, 0) is 44.5 Å². The minimum absolute atomic E-state index is 0.197. The fourth-order valence-corrected chi connectivity index (χ4v) is 3.11. The van der Waals surface area contributed by atoms with Gasteiger partial charge in [-0.15, -0.1) is 0 Å². The molecule has 0 unspecified atom stereocenters. The molecule has 2 aromatic carbocycles. The van der Waals surface area contributed by atoms with Gasteiger partial charge in [-0.25, -0.2) is 5.43 Å². The van der Waals surface area contributed by atoms with E-state index in [4.69, 9.17) is 0 Å². The summed E-state index contributed by atoms with van der Waals surface area (Å²) < 4.78 is 40.2. The number of aryl methyl sites for hydroxylation is 2. The normalized spacial score (nSPS) is 11.7. The van der Waals surface area contributed by atoms with Gasteiger partial charge in [0.1, 0.15) is 0 Å². The first-order valence-corrected chi connectivity index (χ1v) is 9.96. The molecule has 0 saturated heterocycles. The lowest BCUT2D eigenvalue weighted by atomic mass is 10.1. The number of anilines is 1. The fraction of sp³-hybridized carbons (Fsp3) is 0.261. The third-order valence-corrected chi connectivity index (χ3v) is 4.92. The molecule has 3 aromatic rings. The molecule has 1 heterocycles. The Hall–Kier alpha value is -3.62. The number of benzene rings is 2. The smallest absolute Gasteiger partial charge is 0.376 e. The van der Waals surface area contributed by atoms with Gasteiger partial charge in [0.25, 0.3) is 5.91 Å². The standard InChI is InChI=1S/C23H24F3N5O/c1-15-7-9-18(10-8-15)14-31-17(3)21(16(2)30-31)12-28-29-22(32)13-27-20-6-4-5-19(11-20)23(24,25)26/h4-12,27H,13-14H2,1-3H3,(H,29,32)/b28-12+. The van der Waals surface area contributed by atoms with Crippen LogP contribution in [0.5, 0.6) is 0 Å². The van der Waals surface area contributed by atoms with Gasteiger partial charge in [0.2, 0.25) is 0 Å². The Kier molecular flexibility index (Phi) is 6.97. The number of alkyl halides is 3. The van der Waals surface area contributed by atoms with Gasteiger partial charge in [0.15, 0.2) is 0 Å². The van der Waals surface area contributed by atoms with Gasteiger partial charge in [0, 0.05) is 16.9 Å². The van der Waals surface area contributed by atoms with E-state index in [-0.39, 0.29) is 12.2 Å². The Bertz CT molecular complexity index is 1120. The molecular weight excluding hydrogens is 419 g/mol. The molecule has 1 amide bonds. The number of amides is 1. The molecule has 0 atom stereocenters. The zero-order chi connectivity index (χ0) is 23.3. The molecule has 168 valence electrons. The number of rotatable bonds is 7. The second kappa shape index (κ2) is 9.67. The van der Waals surface area contributed by atoms with Crippen LogP contribution in [0.25, 0.3) is 0 Å². The van der Waals surface area contributed by atoms with Crippen molar-refractivity contribution in [2.45, 2.75) is 33.5 Å². The molecule has 0 aliphatic carbocycles. The van der Waals surface area contributed by atoms with Crippen molar-refractivity contribution in [3.8, 4) is 0 Å². The van der Waals surface area contributed by atoms with Gasteiger partial charge in [0.05, 0.1) is 30.6 Å². The number of halogens is 3. The van der Waals surface area contributed by atoms with Crippen LogP contribution in [0.1, 0.15) is 33.6 Å². The van der Waals surface area contributed by atoms with Crippen molar-refractivity contribution < 1.29 is 18.0 Å². The molecule has 1 aromatic heterocycles. The van der Waals surface area contributed by atoms with E-state index in [1.807, 2.05) is 37.6 Å². The summed E-state index contributed by atoms with van der Waals surface area (Å²) in [6.07, 6.45) is -2.92. The molecule has 0 saturated carbocycles. The Balaban J connectivity index is 1.57. The minimum Gasteiger partial charge on any atom is -0.376 e. The van der Waals surface area contributed by atoms with Crippen molar-refractivity contribution in [3.05, 3.63) is 82.2 Å². The molecule has 32 heavy (non-hydrogen) atoms. The van der Waals surface area contributed by atoms with E-state index in [0.29, 0.717) is 6.54 Å². The predicted octanol–water partition coefficient (Wildman–Crippen LogP) is 4.44. The summed E-state index contributed by atoms with van der Waals surface area (Å²) in [6, 6.07) is 12.9. The van der Waals surface area contributed by atoms with E-state index < -0.39 is 17.6 Å². The van der Waals surface area contributed by atoms with E-state index in [9.17, 15) is 18.0 Å². The summed E-state index contributed by atoms with van der Waals surface area (Å²) in [5.41, 5.74) is 6.57. The molecule has 2 N–H and O–H groups in total. The number of carbonyl (C=O) groups is 1. The summed E-state index contributed by atoms with van der Waals surface area (Å²) in [6.45, 7) is 6.21. The SMILES string of the molecule is Cc1ccc(Cn2nc(C)c(/C=N/NC(=O)CNc3cccc(C(F)(F)F)c3)c2C)cc1. The highest BCUT2D eigenvalue weighted by molar-refractivity contribution is 5.85. The molecule has 9 heteroatoms. The maximum Gasteiger partial charge on any atom is 0.416 e. The molecule has 0 aliphatic heterocycles. The Morgan fingerprint density at radius 3 is 2.53 bits per heavy atom. The summed E-state index contributed by atoms with van der Waals surface area (Å²) in [4.78, 5) is 12.0. The number of aromatic nitrogens is 2. The zero-order valence-corrected chi connectivity index (χ0v) is 18.0. The van der Waals surface area contributed by atoms with Crippen LogP contribution >= 0.6 is 0 Å². The van der Waals surface area contributed by atoms with Crippen molar-refractivity contribution >= 4 is 17.8 Å². The van der Waals surface area contributed by atoms with E-state index in [1.54, 1.807) is 0 Å². The summed E-state index contributed by atoms with van der Waals surface area (Å²) in [7, 11) is 0. The molecule has 0 aliphatic rings. The Morgan fingerprint density at radius 2 is 1.84 bits per heavy atom. The predicted molar refractivity (Wildman–Crippen MR) is 118 cm³/mol. The summed E-state index contributed by atoms with van der Waals surface area (Å²) >= 11 is 0. The highest BCUT2D eigenvalue weighted by atomic mass is 19.4. The van der Waals surface area contributed by atoms with Gasteiger partial charge in [-0.2, -0.15) is 23.4 Å². The van der Waals surface area contributed by atoms with Gasteiger partial charge in [-0.1, -0.05) is 35.9 Å². The van der Waals surface area contributed by atoms with Gasteiger partial charge in [-0.3, -0.25) is 9.48 Å². The van der Waals surface area contributed by atoms with E-state index in [2.05, 4.69) is 33.1 Å². The molecule has 0 spiro atoms. The third-order valence-electron chi connectivity index (χ3n) is 4.92. The maximum atomic E-state index is 12.8. The number of hydrogen-bond donors (Lipinski definition) is 2. The second-order valence-electron chi connectivity index (χ2n) is 7.45. The average molecular weight is 443 g/mol. The first kappa shape index (κ1) is 23.1.